The van der Waals surface area contributed by atoms with Crippen molar-refractivity contribution in [3.8, 4) is 12.3 Å². The third-order valence-electron chi connectivity index (χ3n) is 1.60. The van der Waals surface area contributed by atoms with Gasteiger partial charge in [0.05, 0.1) is 11.0 Å². The highest BCUT2D eigenvalue weighted by atomic mass is 79.9. The SMILES string of the molecule is C#CCN(C)c1ncc(Br)c(C(=O)O)n1. The normalized spacial score (nSPS) is 9.40. The number of carboxylic acids is 1. The Balaban J connectivity index is 3.08. The predicted molar refractivity (Wildman–Crippen MR) is 58.8 cm³/mol. The Bertz CT molecular complexity index is 428. The highest BCUT2D eigenvalue weighted by molar-refractivity contribution is 9.10. The maximum absolute atomic E-state index is 10.8. The Morgan fingerprint density at radius 2 is 2.47 bits per heavy atom. The number of hydrogen-bond acceptors (Lipinski definition) is 4. The van der Waals surface area contributed by atoms with E-state index in [0.29, 0.717) is 11.0 Å². The molecule has 15 heavy (non-hydrogen) atoms. The number of halogens is 1. The molecule has 0 amide bonds. The van der Waals surface area contributed by atoms with Gasteiger partial charge in [-0.05, 0) is 15.9 Å². The van der Waals surface area contributed by atoms with Crippen LogP contribution in [0.15, 0.2) is 10.7 Å². The molecule has 0 aliphatic carbocycles. The number of aromatic nitrogens is 2. The molecule has 6 heteroatoms. The third kappa shape index (κ3) is 2.67. The topological polar surface area (TPSA) is 66.3 Å². The van der Waals surface area contributed by atoms with Crippen LogP contribution in [-0.4, -0.2) is 34.6 Å². The lowest BCUT2D eigenvalue weighted by molar-refractivity contribution is 0.0689. The molecule has 5 nitrogen and oxygen atoms in total. The summed E-state index contributed by atoms with van der Waals surface area (Å²) in [7, 11) is 1.69. The molecular formula is C9H8BrN3O2. The summed E-state index contributed by atoms with van der Waals surface area (Å²) in [5.41, 5.74) is -0.0797. The standard InChI is InChI=1S/C9H8BrN3O2/c1-3-4-13(2)9-11-5-6(10)7(12-9)8(14)15/h1,5H,4H2,2H3,(H,14,15). The molecule has 0 saturated heterocycles. The van der Waals surface area contributed by atoms with E-state index >= 15 is 0 Å². The summed E-state index contributed by atoms with van der Waals surface area (Å²) in [5, 5.41) is 8.82. The van der Waals surface area contributed by atoms with Gasteiger partial charge < -0.3 is 10.0 Å². The van der Waals surface area contributed by atoms with E-state index in [1.54, 1.807) is 11.9 Å². The second-order valence-corrected chi connectivity index (χ2v) is 3.59. The molecule has 0 radical (unpaired) electrons. The molecule has 1 heterocycles. The van der Waals surface area contributed by atoms with Crippen molar-refractivity contribution in [3.05, 3.63) is 16.4 Å². The summed E-state index contributed by atoms with van der Waals surface area (Å²) < 4.78 is 0.341. The molecule has 1 N–H and O–H groups in total. The van der Waals surface area contributed by atoms with E-state index in [0.717, 1.165) is 0 Å². The Hall–Kier alpha value is -1.61. The van der Waals surface area contributed by atoms with Gasteiger partial charge in [0.15, 0.2) is 5.69 Å². The summed E-state index contributed by atoms with van der Waals surface area (Å²) in [6, 6.07) is 0. The van der Waals surface area contributed by atoms with Crippen molar-refractivity contribution in [1.82, 2.24) is 9.97 Å². The van der Waals surface area contributed by atoms with Gasteiger partial charge in [0.1, 0.15) is 0 Å². The summed E-state index contributed by atoms with van der Waals surface area (Å²) in [6.45, 7) is 0.320. The maximum Gasteiger partial charge on any atom is 0.355 e. The van der Waals surface area contributed by atoms with Crippen molar-refractivity contribution in [2.75, 3.05) is 18.5 Å². The molecule has 1 rings (SSSR count). The van der Waals surface area contributed by atoms with Gasteiger partial charge in [-0.2, -0.15) is 0 Å². The van der Waals surface area contributed by atoms with E-state index in [1.807, 2.05) is 0 Å². The molecule has 1 aromatic rings. The second kappa shape index (κ2) is 4.75. The lowest BCUT2D eigenvalue weighted by Crippen LogP contribution is -2.21. The monoisotopic (exact) mass is 269 g/mol. The Morgan fingerprint density at radius 3 is 3.00 bits per heavy atom. The van der Waals surface area contributed by atoms with E-state index in [4.69, 9.17) is 11.5 Å². The van der Waals surface area contributed by atoms with Crippen LogP contribution in [0.25, 0.3) is 0 Å². The second-order valence-electron chi connectivity index (χ2n) is 2.73. The minimum absolute atomic E-state index is 0.0797. The van der Waals surface area contributed by atoms with Crippen LogP contribution < -0.4 is 4.90 Å². The van der Waals surface area contributed by atoms with Crippen LogP contribution in [0, 0.1) is 12.3 Å². The smallest absolute Gasteiger partial charge is 0.355 e. The molecule has 0 aromatic carbocycles. The predicted octanol–water partition coefficient (Wildman–Crippen LogP) is 1.01. The van der Waals surface area contributed by atoms with Crippen LogP contribution in [0.5, 0.6) is 0 Å². The quantitative estimate of drug-likeness (QED) is 0.830. The molecule has 1 aromatic heterocycles. The van der Waals surface area contributed by atoms with Gasteiger partial charge >= 0.3 is 5.97 Å². The number of carboxylic acid groups (broad SMARTS) is 1. The molecule has 78 valence electrons. The number of carbonyl (C=O) groups is 1. The average molecular weight is 270 g/mol. The van der Waals surface area contributed by atoms with Gasteiger partial charge in [0.25, 0.3) is 0 Å². The van der Waals surface area contributed by atoms with Crippen LogP contribution in [-0.2, 0) is 0 Å². The minimum atomic E-state index is -1.11. The molecule has 0 spiro atoms. The highest BCUT2D eigenvalue weighted by Crippen LogP contribution is 2.16. The molecule has 0 fully saturated rings. The fourth-order valence-electron chi connectivity index (χ4n) is 0.899. The zero-order valence-electron chi connectivity index (χ0n) is 7.94. The minimum Gasteiger partial charge on any atom is -0.476 e. The summed E-state index contributed by atoms with van der Waals surface area (Å²) in [6.07, 6.45) is 6.51. The van der Waals surface area contributed by atoms with E-state index in [2.05, 4.69) is 31.8 Å². The number of rotatable bonds is 3. The molecule has 0 atom stereocenters. The van der Waals surface area contributed by atoms with E-state index < -0.39 is 5.97 Å². The van der Waals surface area contributed by atoms with Crippen molar-refractivity contribution < 1.29 is 9.90 Å². The molecule has 0 saturated carbocycles. The van der Waals surface area contributed by atoms with E-state index in [9.17, 15) is 4.79 Å². The van der Waals surface area contributed by atoms with Crippen molar-refractivity contribution in [1.29, 1.82) is 0 Å². The van der Waals surface area contributed by atoms with Crippen molar-refractivity contribution in [3.63, 3.8) is 0 Å². The van der Waals surface area contributed by atoms with Crippen LogP contribution >= 0.6 is 15.9 Å². The Kier molecular flexibility index (Phi) is 3.63. The van der Waals surface area contributed by atoms with Crippen LogP contribution in [0.4, 0.5) is 5.95 Å². The first-order chi connectivity index (χ1) is 7.06. The van der Waals surface area contributed by atoms with Crippen molar-refractivity contribution in [2.45, 2.75) is 0 Å². The van der Waals surface area contributed by atoms with Gasteiger partial charge in [0.2, 0.25) is 5.95 Å². The first-order valence-corrected chi connectivity index (χ1v) is 4.76. The lowest BCUT2D eigenvalue weighted by atomic mass is 10.4. The zero-order valence-corrected chi connectivity index (χ0v) is 9.52. The number of terminal acetylenes is 1. The fraction of sp³-hybridized carbons (Fsp3) is 0.222. The largest absolute Gasteiger partial charge is 0.476 e. The summed E-state index contributed by atoms with van der Waals surface area (Å²) in [5.74, 6) is 1.59. The molecule has 0 bridgehead atoms. The highest BCUT2D eigenvalue weighted by Gasteiger charge is 2.13. The van der Waals surface area contributed by atoms with E-state index in [-0.39, 0.29) is 11.6 Å². The lowest BCUT2D eigenvalue weighted by Gasteiger charge is -2.13. The van der Waals surface area contributed by atoms with E-state index in [1.165, 1.54) is 6.20 Å². The third-order valence-corrected chi connectivity index (χ3v) is 2.18. The van der Waals surface area contributed by atoms with Crippen molar-refractivity contribution in [2.24, 2.45) is 0 Å². The zero-order chi connectivity index (χ0) is 11.4. The molecule has 0 unspecified atom stereocenters. The van der Waals surface area contributed by atoms with Crippen LogP contribution in [0.3, 0.4) is 0 Å². The Labute approximate surface area is 95.3 Å². The van der Waals surface area contributed by atoms with Gasteiger partial charge in [-0.1, -0.05) is 5.92 Å². The van der Waals surface area contributed by atoms with Gasteiger partial charge in [-0.15, -0.1) is 6.42 Å². The number of aromatic carboxylic acids is 1. The fourth-order valence-corrected chi connectivity index (χ4v) is 1.26. The summed E-state index contributed by atoms with van der Waals surface area (Å²) >= 11 is 3.05. The maximum atomic E-state index is 10.8. The van der Waals surface area contributed by atoms with Gasteiger partial charge in [0, 0.05) is 13.2 Å². The number of anilines is 1. The Morgan fingerprint density at radius 1 is 1.80 bits per heavy atom. The van der Waals surface area contributed by atoms with Crippen LogP contribution in [0.2, 0.25) is 0 Å². The first kappa shape index (κ1) is 11.5. The van der Waals surface area contributed by atoms with Gasteiger partial charge in [-0.25, -0.2) is 14.8 Å². The molecule has 0 aliphatic rings. The molecule has 0 aliphatic heterocycles. The summed E-state index contributed by atoms with van der Waals surface area (Å²) in [4.78, 5) is 20.2. The number of hydrogen-bond donors (Lipinski definition) is 1. The average Bonchev–Trinajstić information content (AvgIpc) is 2.18. The van der Waals surface area contributed by atoms with Gasteiger partial charge in [-0.3, -0.25) is 0 Å². The number of nitrogens with zero attached hydrogens (tertiary/aromatic N) is 3. The van der Waals surface area contributed by atoms with Crippen LogP contribution in [0.1, 0.15) is 10.5 Å². The molecular weight excluding hydrogens is 262 g/mol. The first-order valence-electron chi connectivity index (χ1n) is 3.96. The van der Waals surface area contributed by atoms with Crippen molar-refractivity contribution >= 4 is 27.8 Å².